The minimum absolute atomic E-state index is 0.188. The Labute approximate surface area is 237 Å². The Kier molecular flexibility index (Phi) is 10.2. The van der Waals surface area contributed by atoms with Crippen LogP contribution in [0.4, 0.5) is 0 Å². The van der Waals surface area contributed by atoms with Crippen LogP contribution in [0.1, 0.15) is 92.5 Å². The normalized spacial score (nSPS) is 20.7. The van der Waals surface area contributed by atoms with E-state index in [0.717, 1.165) is 12.8 Å². The van der Waals surface area contributed by atoms with Crippen LogP contribution in [0.25, 0.3) is 0 Å². The summed E-state index contributed by atoms with van der Waals surface area (Å²) in [6.45, 7) is 8.33. The van der Waals surface area contributed by atoms with Gasteiger partial charge >= 0.3 is 0 Å². The number of rotatable bonds is 6. The molecule has 1 fully saturated rings. The van der Waals surface area contributed by atoms with Gasteiger partial charge in [-0.2, -0.15) is 0 Å². The highest BCUT2D eigenvalue weighted by atomic mass is 16.1. The number of ketones is 1. The van der Waals surface area contributed by atoms with Crippen LogP contribution in [-0.2, 0) is 11.2 Å². The summed E-state index contributed by atoms with van der Waals surface area (Å²) in [6, 6.07) is 28.6. The van der Waals surface area contributed by atoms with Crippen LogP contribution >= 0.6 is 0 Å². The van der Waals surface area contributed by atoms with Crippen molar-refractivity contribution < 1.29 is 4.79 Å². The summed E-state index contributed by atoms with van der Waals surface area (Å²) < 4.78 is 0. The Hall–Kier alpha value is -3.19. The van der Waals surface area contributed by atoms with E-state index < -0.39 is 0 Å². The predicted molar refractivity (Wildman–Crippen MR) is 166 cm³/mol. The molecule has 0 heterocycles. The smallest absolute Gasteiger partial charge is 0.133 e. The lowest BCUT2D eigenvalue weighted by molar-refractivity contribution is -0.123. The third kappa shape index (κ3) is 8.15. The molecule has 0 bridgehead atoms. The summed E-state index contributed by atoms with van der Waals surface area (Å²) in [5.74, 6) is 1.01. The third-order valence-electron chi connectivity index (χ3n) is 8.73. The van der Waals surface area contributed by atoms with Gasteiger partial charge in [0.05, 0.1) is 0 Å². The SMILES string of the molecule is CC(=O)[C@@H]1CCCC1(C)Cc1ccccc1.Cc1ccc(C(C=C2CCC=CCC2)c2ccc(C)cc2)cc1. The van der Waals surface area contributed by atoms with Crippen molar-refractivity contribution in [3.8, 4) is 0 Å². The first kappa shape index (κ1) is 28.8. The van der Waals surface area contributed by atoms with Gasteiger partial charge in [0, 0.05) is 11.8 Å². The molecule has 0 saturated heterocycles. The molecular weight excluding hydrogens is 472 g/mol. The van der Waals surface area contributed by atoms with Crippen LogP contribution in [0.5, 0.6) is 0 Å². The lowest BCUT2D eigenvalue weighted by Gasteiger charge is -2.30. The molecule has 2 aliphatic rings. The molecule has 0 amide bonds. The van der Waals surface area contributed by atoms with E-state index in [0.29, 0.717) is 11.7 Å². The zero-order valence-electron chi connectivity index (χ0n) is 24.5. The first-order valence-electron chi connectivity index (χ1n) is 14.9. The van der Waals surface area contributed by atoms with Gasteiger partial charge in [0.1, 0.15) is 5.78 Å². The quantitative estimate of drug-likeness (QED) is 0.297. The van der Waals surface area contributed by atoms with Crippen molar-refractivity contribution in [2.45, 2.75) is 85.0 Å². The van der Waals surface area contributed by atoms with E-state index >= 15 is 0 Å². The minimum Gasteiger partial charge on any atom is -0.300 e. The van der Waals surface area contributed by atoms with Gasteiger partial charge in [-0.3, -0.25) is 4.79 Å². The maximum atomic E-state index is 11.7. The second-order valence-electron chi connectivity index (χ2n) is 12.0. The molecule has 0 aliphatic heterocycles. The molecule has 0 N–H and O–H groups in total. The molecule has 1 saturated carbocycles. The van der Waals surface area contributed by atoms with Crippen molar-refractivity contribution in [1.29, 1.82) is 0 Å². The van der Waals surface area contributed by atoms with Crippen LogP contribution in [0, 0.1) is 25.2 Å². The number of hydrogen-bond donors (Lipinski definition) is 0. The summed E-state index contributed by atoms with van der Waals surface area (Å²) in [5, 5.41) is 0. The maximum Gasteiger partial charge on any atom is 0.133 e. The van der Waals surface area contributed by atoms with E-state index in [1.807, 2.05) is 6.07 Å². The van der Waals surface area contributed by atoms with Gasteiger partial charge in [0.25, 0.3) is 0 Å². The average molecular weight is 519 g/mol. The number of benzene rings is 3. The monoisotopic (exact) mass is 518 g/mol. The molecule has 0 aromatic heterocycles. The molecule has 3 aromatic rings. The summed E-state index contributed by atoms with van der Waals surface area (Å²) in [4.78, 5) is 11.7. The largest absolute Gasteiger partial charge is 0.300 e. The number of hydrogen-bond acceptors (Lipinski definition) is 1. The van der Waals surface area contributed by atoms with Crippen molar-refractivity contribution >= 4 is 5.78 Å². The molecular formula is C38H46O. The van der Waals surface area contributed by atoms with E-state index in [1.165, 1.54) is 66.3 Å². The average Bonchev–Trinajstić information content (AvgIpc) is 3.13. The molecule has 3 aromatic carbocycles. The van der Waals surface area contributed by atoms with Gasteiger partial charge in [0.15, 0.2) is 0 Å². The summed E-state index contributed by atoms with van der Waals surface area (Å²) in [7, 11) is 0. The fourth-order valence-electron chi connectivity index (χ4n) is 6.43. The zero-order valence-corrected chi connectivity index (χ0v) is 24.5. The van der Waals surface area contributed by atoms with Crippen molar-refractivity contribution in [2.24, 2.45) is 11.3 Å². The first-order chi connectivity index (χ1) is 18.8. The third-order valence-corrected chi connectivity index (χ3v) is 8.73. The van der Waals surface area contributed by atoms with Crippen LogP contribution < -0.4 is 0 Å². The Balaban J connectivity index is 0.000000193. The maximum absolute atomic E-state index is 11.7. The Morgan fingerprint density at radius 3 is 1.90 bits per heavy atom. The standard InChI is InChI=1S/C23H26.C15H20O/c1-18-9-13-21(14-10-18)23(22-15-11-19(2)12-16-22)17-20-7-5-3-4-6-8-20;1-12(16)14-9-6-10-15(14,2)11-13-7-4-3-5-8-13/h3-4,9-17,23H,5-8H2,1-2H3;3-5,7-8,14H,6,9-11H2,1-2H3/t;14-,15?/m.0/s1. The number of Topliss-reactive ketones (excluding diaryl/α,β-unsaturated/α-hetero) is 1. The van der Waals surface area contributed by atoms with E-state index in [9.17, 15) is 4.79 Å². The molecule has 5 rings (SSSR count). The van der Waals surface area contributed by atoms with Gasteiger partial charge in [-0.15, -0.1) is 0 Å². The molecule has 1 nitrogen and oxygen atoms in total. The van der Waals surface area contributed by atoms with E-state index in [2.05, 4.69) is 112 Å². The number of allylic oxidation sites excluding steroid dienone is 4. The molecule has 1 heteroatoms. The van der Waals surface area contributed by atoms with E-state index in [1.54, 1.807) is 12.5 Å². The molecule has 0 spiro atoms. The van der Waals surface area contributed by atoms with Gasteiger partial charge in [-0.05, 0) is 87.8 Å². The zero-order chi connectivity index (χ0) is 27.7. The molecule has 2 atom stereocenters. The Morgan fingerprint density at radius 2 is 1.38 bits per heavy atom. The van der Waals surface area contributed by atoms with Crippen molar-refractivity contribution in [2.75, 3.05) is 0 Å². The Morgan fingerprint density at radius 1 is 0.846 bits per heavy atom. The summed E-state index contributed by atoms with van der Waals surface area (Å²) >= 11 is 0. The summed E-state index contributed by atoms with van der Waals surface area (Å²) in [6.07, 6.45) is 16.4. The highest BCUT2D eigenvalue weighted by molar-refractivity contribution is 5.79. The molecule has 204 valence electrons. The highest BCUT2D eigenvalue weighted by Crippen LogP contribution is 2.45. The van der Waals surface area contributed by atoms with Gasteiger partial charge in [-0.1, -0.05) is 127 Å². The van der Waals surface area contributed by atoms with Gasteiger partial charge < -0.3 is 0 Å². The highest BCUT2D eigenvalue weighted by Gasteiger charge is 2.41. The number of aryl methyl sites for hydroxylation is 2. The summed E-state index contributed by atoms with van der Waals surface area (Å²) in [5.41, 5.74) is 8.57. The lowest BCUT2D eigenvalue weighted by Crippen LogP contribution is -2.29. The van der Waals surface area contributed by atoms with Crippen LogP contribution in [0.3, 0.4) is 0 Å². The first-order valence-corrected chi connectivity index (χ1v) is 14.9. The fourth-order valence-corrected chi connectivity index (χ4v) is 6.43. The van der Waals surface area contributed by atoms with Gasteiger partial charge in [-0.25, -0.2) is 0 Å². The Bertz CT molecular complexity index is 1190. The van der Waals surface area contributed by atoms with Crippen LogP contribution in [0.15, 0.2) is 103 Å². The lowest BCUT2D eigenvalue weighted by atomic mass is 9.73. The van der Waals surface area contributed by atoms with Crippen molar-refractivity contribution in [1.82, 2.24) is 0 Å². The number of carbonyl (C=O) groups excluding carboxylic acids is 1. The van der Waals surface area contributed by atoms with E-state index in [-0.39, 0.29) is 11.3 Å². The second kappa shape index (κ2) is 13.7. The molecule has 2 aliphatic carbocycles. The molecule has 39 heavy (non-hydrogen) atoms. The van der Waals surface area contributed by atoms with E-state index in [4.69, 9.17) is 0 Å². The minimum atomic E-state index is 0.188. The van der Waals surface area contributed by atoms with Crippen LogP contribution in [-0.4, -0.2) is 5.78 Å². The van der Waals surface area contributed by atoms with Crippen molar-refractivity contribution in [3.05, 3.63) is 130 Å². The van der Waals surface area contributed by atoms with Crippen LogP contribution in [0.2, 0.25) is 0 Å². The fraction of sp³-hybridized carbons (Fsp3) is 0.395. The van der Waals surface area contributed by atoms with Gasteiger partial charge in [0.2, 0.25) is 0 Å². The predicted octanol–water partition coefficient (Wildman–Crippen LogP) is 10.1. The number of carbonyl (C=O) groups is 1. The molecule has 0 radical (unpaired) electrons. The van der Waals surface area contributed by atoms with Crippen molar-refractivity contribution in [3.63, 3.8) is 0 Å². The topological polar surface area (TPSA) is 17.1 Å². The second-order valence-corrected chi connectivity index (χ2v) is 12.0. The molecule has 1 unspecified atom stereocenters.